The molecule has 0 heterocycles. The molecule has 0 unspecified atom stereocenters. The highest BCUT2D eigenvalue weighted by Gasteiger charge is 2.17. The summed E-state index contributed by atoms with van der Waals surface area (Å²) in [5, 5.41) is 0. The number of halogens is 2. The number of hydrazine groups is 1. The van der Waals surface area contributed by atoms with Crippen LogP contribution >= 0.6 is 0 Å². The van der Waals surface area contributed by atoms with Crippen LogP contribution in [0.3, 0.4) is 0 Å². The highest BCUT2D eigenvalue weighted by molar-refractivity contribution is 5.94. The Morgan fingerprint density at radius 2 is 1.76 bits per heavy atom. The van der Waals surface area contributed by atoms with Gasteiger partial charge < -0.3 is 10.3 Å². The van der Waals surface area contributed by atoms with Crippen LogP contribution in [0, 0.1) is 11.6 Å². The number of nitrogen functional groups attached to an aromatic ring is 1. The number of hydrogen-bond acceptors (Lipinski definition) is 3. The van der Waals surface area contributed by atoms with Gasteiger partial charge in [-0.05, 0) is 17.7 Å². The molecule has 0 aliphatic heterocycles. The second kappa shape index (κ2) is 6.32. The van der Waals surface area contributed by atoms with Crippen molar-refractivity contribution < 1.29 is 13.6 Å². The molecule has 110 valence electrons. The zero-order valence-corrected chi connectivity index (χ0v) is 11.4. The summed E-state index contributed by atoms with van der Waals surface area (Å²) in [6.45, 7) is 0.347. The maximum atomic E-state index is 13.6. The molecule has 2 rings (SSSR count). The van der Waals surface area contributed by atoms with Crippen molar-refractivity contribution in [2.45, 2.75) is 6.54 Å². The number of carbonyl (C=O) groups is 1. The molecule has 0 radical (unpaired) electrons. The van der Waals surface area contributed by atoms with Crippen LogP contribution in [0.1, 0.15) is 15.9 Å². The molecule has 3 N–H and O–H groups in total. The van der Waals surface area contributed by atoms with E-state index in [-0.39, 0.29) is 5.56 Å². The monoisotopic (exact) mass is 291 g/mol. The van der Waals surface area contributed by atoms with E-state index in [9.17, 15) is 13.6 Å². The number of hydrogen-bond donors (Lipinski definition) is 2. The van der Waals surface area contributed by atoms with E-state index in [0.29, 0.717) is 6.54 Å². The van der Waals surface area contributed by atoms with Crippen molar-refractivity contribution in [3.63, 3.8) is 0 Å². The molecule has 0 aromatic heterocycles. The topological polar surface area (TPSA) is 58.4 Å². The van der Waals surface area contributed by atoms with Crippen molar-refractivity contribution in [2.75, 3.05) is 12.5 Å². The van der Waals surface area contributed by atoms with Gasteiger partial charge in [-0.1, -0.05) is 30.3 Å². The van der Waals surface area contributed by atoms with Gasteiger partial charge >= 0.3 is 0 Å². The molecular weight excluding hydrogens is 276 g/mol. The number of nitrogens with two attached hydrogens (primary N) is 1. The van der Waals surface area contributed by atoms with Gasteiger partial charge in [0.05, 0.1) is 0 Å². The molecule has 0 fully saturated rings. The van der Waals surface area contributed by atoms with Crippen LogP contribution in [0.5, 0.6) is 0 Å². The number of nitrogens with one attached hydrogen (secondary N) is 1. The highest BCUT2D eigenvalue weighted by Crippen LogP contribution is 2.20. The molecule has 0 bridgehead atoms. The van der Waals surface area contributed by atoms with Crippen molar-refractivity contribution in [3.8, 4) is 0 Å². The molecule has 2 aromatic rings. The summed E-state index contributed by atoms with van der Waals surface area (Å²) in [7, 11) is 1.57. The first-order valence-corrected chi connectivity index (χ1v) is 6.28. The van der Waals surface area contributed by atoms with E-state index in [4.69, 9.17) is 5.84 Å². The number of anilines is 1. The summed E-state index contributed by atoms with van der Waals surface area (Å²) in [4.78, 5) is 13.6. The third-order valence-electron chi connectivity index (χ3n) is 3.04. The average molecular weight is 291 g/mol. The number of nitrogens with zero attached hydrogens (tertiary/aromatic N) is 1. The SMILES string of the molecule is CN(Cc1ccccc1)C(=O)c1cc(F)c(NN)c(F)c1. The fourth-order valence-electron chi connectivity index (χ4n) is 1.98. The Kier molecular flexibility index (Phi) is 4.49. The Bertz CT molecular complexity index is 624. The third-order valence-corrected chi connectivity index (χ3v) is 3.04. The predicted octanol–water partition coefficient (Wildman–Crippen LogP) is 2.52. The van der Waals surface area contributed by atoms with E-state index in [1.54, 1.807) is 7.05 Å². The largest absolute Gasteiger partial charge is 0.337 e. The lowest BCUT2D eigenvalue weighted by atomic mass is 10.1. The molecular formula is C15H15F2N3O. The maximum Gasteiger partial charge on any atom is 0.254 e. The number of rotatable bonds is 4. The van der Waals surface area contributed by atoms with Gasteiger partial charge in [-0.3, -0.25) is 10.6 Å². The predicted molar refractivity (Wildman–Crippen MR) is 76.4 cm³/mol. The molecule has 0 spiro atoms. The lowest BCUT2D eigenvalue weighted by molar-refractivity contribution is 0.0784. The van der Waals surface area contributed by atoms with Crippen LogP contribution in [0.4, 0.5) is 14.5 Å². The lowest BCUT2D eigenvalue weighted by Gasteiger charge is -2.18. The average Bonchev–Trinajstić information content (AvgIpc) is 2.47. The van der Waals surface area contributed by atoms with E-state index in [2.05, 4.69) is 0 Å². The van der Waals surface area contributed by atoms with Crippen LogP contribution in [0.15, 0.2) is 42.5 Å². The molecule has 0 aliphatic carbocycles. The number of amides is 1. The zero-order chi connectivity index (χ0) is 15.4. The second-order valence-electron chi connectivity index (χ2n) is 4.61. The van der Waals surface area contributed by atoms with Crippen LogP contribution in [0.2, 0.25) is 0 Å². The first-order chi connectivity index (χ1) is 10.0. The standard InChI is InChI=1S/C15H15F2N3O/c1-20(9-10-5-3-2-4-6-10)15(21)11-7-12(16)14(19-18)13(17)8-11/h2-8,19H,9,18H2,1H3. The Morgan fingerprint density at radius 3 is 2.29 bits per heavy atom. The maximum absolute atomic E-state index is 13.6. The third kappa shape index (κ3) is 3.35. The van der Waals surface area contributed by atoms with E-state index in [0.717, 1.165) is 17.7 Å². The number of carbonyl (C=O) groups excluding carboxylic acids is 1. The van der Waals surface area contributed by atoms with Gasteiger partial charge in [0.15, 0.2) is 11.6 Å². The van der Waals surface area contributed by atoms with Gasteiger partial charge in [-0.2, -0.15) is 0 Å². The first kappa shape index (κ1) is 14.9. The Labute approximate surface area is 121 Å². The van der Waals surface area contributed by atoms with Gasteiger partial charge in [0.1, 0.15) is 5.69 Å². The molecule has 6 heteroatoms. The van der Waals surface area contributed by atoms with Crippen molar-refractivity contribution in [2.24, 2.45) is 5.84 Å². The molecule has 4 nitrogen and oxygen atoms in total. The first-order valence-electron chi connectivity index (χ1n) is 6.28. The summed E-state index contributed by atoms with van der Waals surface area (Å²) in [6.07, 6.45) is 0. The Morgan fingerprint density at radius 1 is 1.19 bits per heavy atom. The Hall–Kier alpha value is -2.47. The molecule has 1 amide bonds. The lowest BCUT2D eigenvalue weighted by Crippen LogP contribution is -2.26. The zero-order valence-electron chi connectivity index (χ0n) is 11.4. The summed E-state index contributed by atoms with van der Waals surface area (Å²) in [6, 6.07) is 11.2. The van der Waals surface area contributed by atoms with Gasteiger partial charge in [-0.25, -0.2) is 8.78 Å². The summed E-state index contributed by atoms with van der Waals surface area (Å²) in [5.41, 5.74) is 2.32. The molecule has 21 heavy (non-hydrogen) atoms. The fourth-order valence-corrected chi connectivity index (χ4v) is 1.98. The van der Waals surface area contributed by atoms with E-state index in [1.165, 1.54) is 4.90 Å². The van der Waals surface area contributed by atoms with Gasteiger partial charge in [0.2, 0.25) is 0 Å². The quantitative estimate of drug-likeness (QED) is 0.672. The van der Waals surface area contributed by atoms with Crippen LogP contribution in [-0.4, -0.2) is 17.9 Å². The van der Waals surface area contributed by atoms with Crippen molar-refractivity contribution in [1.82, 2.24) is 4.90 Å². The molecule has 0 saturated heterocycles. The Balaban J connectivity index is 2.20. The van der Waals surface area contributed by atoms with Crippen molar-refractivity contribution >= 4 is 11.6 Å². The molecule has 0 atom stereocenters. The van der Waals surface area contributed by atoms with Crippen molar-refractivity contribution in [3.05, 3.63) is 65.2 Å². The minimum atomic E-state index is -0.908. The number of benzene rings is 2. The summed E-state index contributed by atoms with van der Waals surface area (Å²) in [5.74, 6) is 2.73. The van der Waals surface area contributed by atoms with Crippen LogP contribution in [0.25, 0.3) is 0 Å². The highest BCUT2D eigenvalue weighted by atomic mass is 19.1. The summed E-state index contributed by atoms with van der Waals surface area (Å²) >= 11 is 0. The van der Waals surface area contributed by atoms with Crippen molar-refractivity contribution in [1.29, 1.82) is 0 Å². The van der Waals surface area contributed by atoms with Gasteiger partial charge in [0.25, 0.3) is 5.91 Å². The molecule has 2 aromatic carbocycles. The molecule has 0 saturated carbocycles. The van der Waals surface area contributed by atoms with E-state index in [1.807, 2.05) is 35.8 Å². The normalized spacial score (nSPS) is 10.3. The van der Waals surface area contributed by atoms with E-state index < -0.39 is 23.2 Å². The van der Waals surface area contributed by atoms with Gasteiger partial charge in [-0.15, -0.1) is 0 Å². The smallest absolute Gasteiger partial charge is 0.254 e. The van der Waals surface area contributed by atoms with Gasteiger partial charge in [0, 0.05) is 19.2 Å². The minimum Gasteiger partial charge on any atom is -0.337 e. The fraction of sp³-hybridized carbons (Fsp3) is 0.133. The second-order valence-corrected chi connectivity index (χ2v) is 4.61. The minimum absolute atomic E-state index is 0.0672. The van der Waals surface area contributed by atoms with E-state index >= 15 is 0 Å². The van der Waals surface area contributed by atoms with Crippen LogP contribution in [-0.2, 0) is 6.54 Å². The summed E-state index contributed by atoms with van der Waals surface area (Å²) < 4.78 is 27.2. The van der Waals surface area contributed by atoms with Crippen LogP contribution < -0.4 is 11.3 Å². The molecule has 0 aliphatic rings.